The number of hydrogen-bond acceptors (Lipinski definition) is 3. The van der Waals surface area contributed by atoms with Gasteiger partial charge in [-0.2, -0.15) is 0 Å². The van der Waals surface area contributed by atoms with Crippen molar-refractivity contribution in [2.75, 3.05) is 7.05 Å². The van der Waals surface area contributed by atoms with Crippen LogP contribution in [0.15, 0.2) is 18.2 Å². The number of nitrogens with two attached hydrogens (primary N) is 1. The quantitative estimate of drug-likeness (QED) is 0.823. The average molecular weight is 264 g/mol. The van der Waals surface area contributed by atoms with E-state index in [1.807, 2.05) is 19.1 Å². The molecule has 4 nitrogen and oxygen atoms in total. The van der Waals surface area contributed by atoms with Gasteiger partial charge in [0.2, 0.25) is 0 Å². The lowest BCUT2D eigenvalue weighted by Crippen LogP contribution is -2.34. The van der Waals surface area contributed by atoms with Gasteiger partial charge < -0.3 is 15.8 Å². The second kappa shape index (κ2) is 7.14. The summed E-state index contributed by atoms with van der Waals surface area (Å²) >= 11 is 0. The Morgan fingerprint density at radius 2 is 2.16 bits per heavy atom. The molecule has 1 aromatic rings. The van der Waals surface area contributed by atoms with Crippen LogP contribution in [0.3, 0.4) is 0 Å². The van der Waals surface area contributed by atoms with E-state index in [9.17, 15) is 4.79 Å². The third-order valence-corrected chi connectivity index (χ3v) is 3.14. The molecule has 0 saturated carbocycles. The zero-order valence-corrected chi connectivity index (χ0v) is 12.2. The zero-order valence-electron chi connectivity index (χ0n) is 12.2. The summed E-state index contributed by atoms with van der Waals surface area (Å²) in [4.78, 5) is 11.5. The van der Waals surface area contributed by atoms with Crippen LogP contribution in [0, 0.1) is 6.92 Å². The van der Waals surface area contributed by atoms with E-state index in [0.29, 0.717) is 0 Å². The standard InChI is InChI=1S/C15H24N2O2/c1-5-13(16)9-12-8-10(2)6-7-14(12)19-11(3)15(18)17-4/h6-8,11,13H,5,9,16H2,1-4H3,(H,17,18). The van der Waals surface area contributed by atoms with Crippen LogP contribution in [0.2, 0.25) is 0 Å². The topological polar surface area (TPSA) is 64.3 Å². The fraction of sp³-hybridized carbons (Fsp3) is 0.533. The molecule has 3 N–H and O–H groups in total. The highest BCUT2D eigenvalue weighted by molar-refractivity contribution is 5.80. The Morgan fingerprint density at radius 1 is 1.47 bits per heavy atom. The Hall–Kier alpha value is -1.55. The molecule has 0 aliphatic heterocycles. The molecule has 1 amide bonds. The SMILES string of the molecule is CCC(N)Cc1cc(C)ccc1OC(C)C(=O)NC. The van der Waals surface area contributed by atoms with Gasteiger partial charge in [0, 0.05) is 13.1 Å². The highest BCUT2D eigenvalue weighted by atomic mass is 16.5. The fourth-order valence-electron chi connectivity index (χ4n) is 1.86. The highest BCUT2D eigenvalue weighted by Gasteiger charge is 2.15. The van der Waals surface area contributed by atoms with E-state index < -0.39 is 6.10 Å². The number of carbonyl (C=O) groups is 1. The minimum atomic E-state index is -0.510. The summed E-state index contributed by atoms with van der Waals surface area (Å²) in [5, 5.41) is 2.58. The van der Waals surface area contributed by atoms with Gasteiger partial charge >= 0.3 is 0 Å². The molecule has 0 aromatic heterocycles. The minimum absolute atomic E-state index is 0.111. The van der Waals surface area contributed by atoms with Crippen molar-refractivity contribution in [3.8, 4) is 5.75 Å². The van der Waals surface area contributed by atoms with Crippen LogP contribution in [-0.4, -0.2) is 25.1 Å². The van der Waals surface area contributed by atoms with E-state index in [0.717, 1.165) is 24.2 Å². The first kappa shape index (κ1) is 15.5. The number of ether oxygens (including phenoxy) is 1. The molecule has 0 radical (unpaired) electrons. The summed E-state index contributed by atoms with van der Waals surface area (Å²) in [6, 6.07) is 6.07. The molecule has 0 saturated heterocycles. The minimum Gasteiger partial charge on any atom is -0.481 e. The van der Waals surface area contributed by atoms with E-state index in [-0.39, 0.29) is 11.9 Å². The number of aryl methyl sites for hydroxylation is 1. The lowest BCUT2D eigenvalue weighted by Gasteiger charge is -2.18. The molecule has 19 heavy (non-hydrogen) atoms. The Labute approximate surface area is 115 Å². The van der Waals surface area contributed by atoms with Gasteiger partial charge in [0.25, 0.3) is 5.91 Å². The van der Waals surface area contributed by atoms with Crippen LogP contribution in [0.25, 0.3) is 0 Å². The molecule has 1 aromatic carbocycles. The zero-order chi connectivity index (χ0) is 14.4. The summed E-state index contributed by atoms with van der Waals surface area (Å²) in [5.41, 5.74) is 8.23. The molecule has 1 rings (SSSR count). The first-order valence-corrected chi connectivity index (χ1v) is 6.71. The lowest BCUT2D eigenvalue weighted by atomic mass is 10.0. The van der Waals surface area contributed by atoms with Crippen molar-refractivity contribution in [1.29, 1.82) is 0 Å². The maximum absolute atomic E-state index is 11.5. The Kier molecular flexibility index (Phi) is 5.83. The highest BCUT2D eigenvalue weighted by Crippen LogP contribution is 2.23. The van der Waals surface area contributed by atoms with Gasteiger partial charge in [-0.15, -0.1) is 0 Å². The predicted molar refractivity (Wildman–Crippen MR) is 77.3 cm³/mol. The second-order valence-electron chi connectivity index (χ2n) is 4.86. The lowest BCUT2D eigenvalue weighted by molar-refractivity contribution is -0.126. The number of carbonyl (C=O) groups excluding carboxylic acids is 1. The van der Waals surface area contributed by atoms with Crippen molar-refractivity contribution in [2.24, 2.45) is 5.73 Å². The summed E-state index contributed by atoms with van der Waals surface area (Å²) in [6.07, 6.45) is 1.16. The molecule has 0 aliphatic carbocycles. The molecule has 0 fully saturated rings. The Morgan fingerprint density at radius 3 is 2.74 bits per heavy atom. The number of nitrogens with one attached hydrogen (secondary N) is 1. The fourth-order valence-corrected chi connectivity index (χ4v) is 1.86. The smallest absolute Gasteiger partial charge is 0.260 e. The van der Waals surface area contributed by atoms with Crippen molar-refractivity contribution >= 4 is 5.91 Å². The summed E-state index contributed by atoms with van der Waals surface area (Å²) in [5.74, 6) is 0.608. The number of likely N-dealkylation sites (N-methyl/N-ethyl adjacent to an activating group) is 1. The van der Waals surface area contributed by atoms with Crippen LogP contribution in [0.5, 0.6) is 5.75 Å². The summed E-state index contributed by atoms with van der Waals surface area (Å²) in [6.45, 7) is 5.84. The molecule has 106 valence electrons. The summed E-state index contributed by atoms with van der Waals surface area (Å²) < 4.78 is 5.73. The number of amides is 1. The molecular formula is C15H24N2O2. The van der Waals surface area contributed by atoms with Crippen molar-refractivity contribution in [3.63, 3.8) is 0 Å². The van der Waals surface area contributed by atoms with Crippen molar-refractivity contribution in [2.45, 2.75) is 45.8 Å². The average Bonchev–Trinajstić information content (AvgIpc) is 2.40. The van der Waals surface area contributed by atoms with Crippen molar-refractivity contribution in [1.82, 2.24) is 5.32 Å². The molecular weight excluding hydrogens is 240 g/mol. The van der Waals surface area contributed by atoms with Crippen molar-refractivity contribution < 1.29 is 9.53 Å². The summed E-state index contributed by atoms with van der Waals surface area (Å²) in [7, 11) is 1.60. The molecule has 0 spiro atoms. The predicted octanol–water partition coefficient (Wildman–Crippen LogP) is 1.79. The van der Waals surface area contributed by atoms with Crippen LogP contribution in [0.1, 0.15) is 31.4 Å². The van der Waals surface area contributed by atoms with E-state index in [4.69, 9.17) is 10.5 Å². The second-order valence-corrected chi connectivity index (χ2v) is 4.86. The van der Waals surface area contributed by atoms with Crippen molar-refractivity contribution in [3.05, 3.63) is 29.3 Å². The normalized spacial score (nSPS) is 13.7. The molecule has 2 atom stereocenters. The molecule has 0 bridgehead atoms. The van der Waals surface area contributed by atoms with Crippen LogP contribution in [0.4, 0.5) is 0 Å². The molecule has 4 heteroatoms. The van der Waals surface area contributed by atoms with Crippen LogP contribution < -0.4 is 15.8 Å². The first-order valence-electron chi connectivity index (χ1n) is 6.71. The molecule has 2 unspecified atom stereocenters. The third-order valence-electron chi connectivity index (χ3n) is 3.14. The Balaban J connectivity index is 2.90. The van der Waals surface area contributed by atoms with E-state index in [1.165, 1.54) is 5.56 Å². The third kappa shape index (κ3) is 4.56. The maximum atomic E-state index is 11.5. The monoisotopic (exact) mass is 264 g/mol. The first-order chi connectivity index (χ1) is 8.97. The van der Waals surface area contributed by atoms with E-state index >= 15 is 0 Å². The van der Waals surface area contributed by atoms with Gasteiger partial charge in [-0.3, -0.25) is 4.79 Å². The van der Waals surface area contributed by atoms with Gasteiger partial charge in [0.05, 0.1) is 0 Å². The largest absolute Gasteiger partial charge is 0.481 e. The number of hydrogen-bond donors (Lipinski definition) is 2. The van der Waals surface area contributed by atoms with Crippen LogP contribution in [-0.2, 0) is 11.2 Å². The molecule has 0 heterocycles. The number of rotatable bonds is 6. The van der Waals surface area contributed by atoms with E-state index in [1.54, 1.807) is 14.0 Å². The van der Waals surface area contributed by atoms with E-state index in [2.05, 4.69) is 18.3 Å². The van der Waals surface area contributed by atoms with Gasteiger partial charge in [0.15, 0.2) is 6.10 Å². The van der Waals surface area contributed by atoms with Crippen LogP contribution >= 0.6 is 0 Å². The maximum Gasteiger partial charge on any atom is 0.260 e. The van der Waals surface area contributed by atoms with Gasteiger partial charge in [-0.05, 0) is 38.3 Å². The number of benzene rings is 1. The van der Waals surface area contributed by atoms with Gasteiger partial charge in [-0.1, -0.05) is 24.6 Å². The van der Waals surface area contributed by atoms with Gasteiger partial charge in [0.1, 0.15) is 5.75 Å². The van der Waals surface area contributed by atoms with Gasteiger partial charge in [-0.25, -0.2) is 0 Å². The molecule has 0 aliphatic rings. The Bertz CT molecular complexity index is 432.